The number of pyridine rings is 1. The molecule has 1 aromatic heterocycles. The van der Waals surface area contributed by atoms with Crippen LogP contribution in [0.25, 0.3) is 10.9 Å². The molecule has 1 aliphatic heterocycles. The van der Waals surface area contributed by atoms with Crippen LogP contribution in [0.4, 0.5) is 0 Å². The first-order valence-corrected chi connectivity index (χ1v) is 5.50. The van der Waals surface area contributed by atoms with Gasteiger partial charge in [-0.1, -0.05) is 18.2 Å². The second kappa shape index (κ2) is 4.67. The third-order valence-electron chi connectivity index (χ3n) is 2.65. The summed E-state index contributed by atoms with van der Waals surface area (Å²) in [7, 11) is 0. The van der Waals surface area contributed by atoms with Crippen LogP contribution in [0.3, 0.4) is 0 Å². The highest BCUT2D eigenvalue weighted by molar-refractivity contribution is 6.05. The molecule has 2 aromatic rings. The van der Waals surface area contributed by atoms with E-state index in [4.69, 9.17) is 0 Å². The van der Waals surface area contributed by atoms with Crippen LogP contribution in [0.2, 0.25) is 0 Å². The number of hydrogen-bond acceptors (Lipinski definition) is 6. The van der Waals surface area contributed by atoms with Crippen LogP contribution in [-0.2, 0) is 0 Å². The van der Waals surface area contributed by atoms with E-state index in [9.17, 15) is 4.79 Å². The third kappa shape index (κ3) is 2.03. The molecule has 0 atom stereocenters. The van der Waals surface area contributed by atoms with Gasteiger partial charge in [-0.3, -0.25) is 9.78 Å². The lowest BCUT2D eigenvalue weighted by Gasteiger charge is -2.12. The number of para-hydroxylation sites is 1. The summed E-state index contributed by atoms with van der Waals surface area (Å²) in [5.41, 5.74) is 12.0. The predicted octanol–water partition coefficient (Wildman–Crippen LogP) is -0.635. The van der Waals surface area contributed by atoms with E-state index in [0.29, 0.717) is 11.1 Å². The summed E-state index contributed by atoms with van der Waals surface area (Å²) < 4.78 is 0. The third-order valence-corrected chi connectivity index (χ3v) is 2.65. The largest absolute Gasteiger partial charge is 0.322 e. The maximum absolute atomic E-state index is 12.1. The lowest BCUT2D eigenvalue weighted by molar-refractivity contribution is 0.0928. The molecule has 0 unspecified atom stereocenters. The summed E-state index contributed by atoms with van der Waals surface area (Å²) in [6.07, 6.45) is 1.30. The average molecular weight is 244 g/mol. The van der Waals surface area contributed by atoms with Crippen LogP contribution in [0.15, 0.2) is 36.5 Å². The van der Waals surface area contributed by atoms with Crippen LogP contribution < -0.4 is 27.2 Å². The first-order valence-electron chi connectivity index (χ1n) is 5.50. The van der Waals surface area contributed by atoms with Crippen LogP contribution in [0, 0.1) is 0 Å². The molecule has 1 aliphatic rings. The number of amides is 1. The SMILES string of the molecule is O=C(NC1NNNN1)c1cccc2cccnc12. The summed E-state index contributed by atoms with van der Waals surface area (Å²) in [6.45, 7) is 0. The van der Waals surface area contributed by atoms with E-state index in [1.54, 1.807) is 12.3 Å². The van der Waals surface area contributed by atoms with Gasteiger partial charge in [0, 0.05) is 11.6 Å². The first-order chi connectivity index (χ1) is 8.84. The summed E-state index contributed by atoms with van der Waals surface area (Å²) in [5, 5.41) is 3.70. The minimum absolute atomic E-state index is 0.199. The normalized spacial score (nSPS) is 16.0. The fourth-order valence-corrected chi connectivity index (χ4v) is 1.82. The molecule has 1 aromatic carbocycles. The fourth-order valence-electron chi connectivity index (χ4n) is 1.82. The Balaban J connectivity index is 1.91. The molecule has 2 heterocycles. The van der Waals surface area contributed by atoms with Gasteiger partial charge in [-0.25, -0.2) is 10.9 Å². The second-order valence-electron chi connectivity index (χ2n) is 3.83. The van der Waals surface area contributed by atoms with Gasteiger partial charge in [0.15, 0.2) is 6.29 Å². The van der Waals surface area contributed by atoms with Crippen molar-refractivity contribution in [2.24, 2.45) is 0 Å². The van der Waals surface area contributed by atoms with Crippen molar-refractivity contribution in [2.45, 2.75) is 6.29 Å². The maximum atomic E-state index is 12.1. The molecular weight excluding hydrogens is 232 g/mol. The Morgan fingerprint density at radius 2 is 1.94 bits per heavy atom. The van der Waals surface area contributed by atoms with Gasteiger partial charge in [-0.2, -0.15) is 11.1 Å². The van der Waals surface area contributed by atoms with E-state index in [0.717, 1.165) is 5.39 Å². The van der Waals surface area contributed by atoms with Gasteiger partial charge in [0.05, 0.1) is 11.1 Å². The molecule has 3 rings (SSSR count). The topological polar surface area (TPSA) is 90.1 Å². The molecule has 92 valence electrons. The average Bonchev–Trinajstić information content (AvgIpc) is 2.91. The number of benzene rings is 1. The first kappa shape index (κ1) is 11.1. The minimum atomic E-state index is -0.378. The Morgan fingerprint density at radius 3 is 2.78 bits per heavy atom. The highest BCUT2D eigenvalue weighted by atomic mass is 16.2. The second-order valence-corrected chi connectivity index (χ2v) is 3.83. The highest BCUT2D eigenvalue weighted by Crippen LogP contribution is 2.15. The van der Waals surface area contributed by atoms with Crippen molar-refractivity contribution in [3.8, 4) is 0 Å². The summed E-state index contributed by atoms with van der Waals surface area (Å²) in [4.78, 5) is 16.4. The number of carbonyl (C=O) groups is 1. The molecule has 1 fully saturated rings. The van der Waals surface area contributed by atoms with Crippen LogP contribution >= 0.6 is 0 Å². The molecule has 1 saturated heterocycles. The van der Waals surface area contributed by atoms with E-state index in [1.807, 2.05) is 24.3 Å². The lowest BCUT2D eigenvalue weighted by atomic mass is 10.1. The number of fused-ring (bicyclic) bond motifs is 1. The molecule has 0 saturated carbocycles. The van der Waals surface area contributed by atoms with Crippen LogP contribution in [0.5, 0.6) is 0 Å². The Kier molecular flexibility index (Phi) is 2.87. The Morgan fingerprint density at radius 1 is 1.17 bits per heavy atom. The molecule has 5 N–H and O–H groups in total. The van der Waals surface area contributed by atoms with Gasteiger partial charge in [-0.05, 0) is 12.1 Å². The number of rotatable bonds is 2. The van der Waals surface area contributed by atoms with Crippen molar-refractivity contribution in [2.75, 3.05) is 0 Å². The van der Waals surface area contributed by atoms with Crippen molar-refractivity contribution in [1.29, 1.82) is 0 Å². The lowest BCUT2D eigenvalue weighted by Crippen LogP contribution is -2.49. The Hall–Kier alpha value is -2.06. The summed E-state index contributed by atoms with van der Waals surface area (Å²) in [5.74, 6) is -0.199. The zero-order valence-electron chi connectivity index (χ0n) is 9.40. The molecule has 0 radical (unpaired) electrons. The minimum Gasteiger partial charge on any atom is -0.322 e. The van der Waals surface area contributed by atoms with E-state index in [-0.39, 0.29) is 12.2 Å². The molecular formula is C11H12N6O. The molecule has 7 nitrogen and oxygen atoms in total. The molecule has 18 heavy (non-hydrogen) atoms. The van der Waals surface area contributed by atoms with Gasteiger partial charge in [0.2, 0.25) is 0 Å². The van der Waals surface area contributed by atoms with Crippen molar-refractivity contribution >= 4 is 16.8 Å². The Labute approximate surface area is 103 Å². The van der Waals surface area contributed by atoms with E-state index < -0.39 is 0 Å². The van der Waals surface area contributed by atoms with Gasteiger partial charge in [-0.15, -0.1) is 0 Å². The number of carbonyl (C=O) groups excluding carboxylic acids is 1. The quantitative estimate of drug-likeness (QED) is 0.483. The number of aromatic nitrogens is 1. The summed E-state index contributed by atoms with van der Waals surface area (Å²) in [6, 6.07) is 9.28. The van der Waals surface area contributed by atoms with Crippen molar-refractivity contribution in [3.63, 3.8) is 0 Å². The Bertz CT molecular complexity index is 575. The smallest absolute Gasteiger partial charge is 0.255 e. The van der Waals surface area contributed by atoms with Crippen molar-refractivity contribution < 1.29 is 4.79 Å². The number of nitrogens with zero attached hydrogens (tertiary/aromatic N) is 1. The number of nitrogens with one attached hydrogen (secondary N) is 5. The molecule has 0 spiro atoms. The number of hydrogen-bond donors (Lipinski definition) is 5. The maximum Gasteiger partial charge on any atom is 0.255 e. The van der Waals surface area contributed by atoms with Gasteiger partial charge >= 0.3 is 0 Å². The molecule has 0 aliphatic carbocycles. The van der Waals surface area contributed by atoms with E-state index in [2.05, 4.69) is 32.2 Å². The van der Waals surface area contributed by atoms with Crippen molar-refractivity contribution in [1.82, 2.24) is 32.2 Å². The molecule has 7 heteroatoms. The predicted molar refractivity (Wildman–Crippen MR) is 65.5 cm³/mol. The van der Waals surface area contributed by atoms with Crippen molar-refractivity contribution in [3.05, 3.63) is 42.1 Å². The molecule has 1 amide bonds. The van der Waals surface area contributed by atoms with Gasteiger partial charge in [0.1, 0.15) is 0 Å². The highest BCUT2D eigenvalue weighted by Gasteiger charge is 2.17. The number of hydrazine groups is 3. The van der Waals surface area contributed by atoms with Gasteiger partial charge < -0.3 is 5.32 Å². The van der Waals surface area contributed by atoms with Crippen LogP contribution in [0.1, 0.15) is 10.4 Å². The summed E-state index contributed by atoms with van der Waals surface area (Å²) >= 11 is 0. The fraction of sp³-hybridized carbons (Fsp3) is 0.0909. The molecule has 0 bridgehead atoms. The zero-order valence-corrected chi connectivity index (χ0v) is 9.40. The monoisotopic (exact) mass is 244 g/mol. The zero-order chi connectivity index (χ0) is 12.4. The van der Waals surface area contributed by atoms with Gasteiger partial charge in [0.25, 0.3) is 5.91 Å². The standard InChI is InChI=1S/C11H12N6O/c18-10(13-11-14-16-17-15-11)8-5-1-3-7-4-2-6-12-9(7)8/h1-6,11,14-17H,(H,13,18). The van der Waals surface area contributed by atoms with E-state index in [1.165, 1.54) is 0 Å². The van der Waals surface area contributed by atoms with Crippen LogP contribution in [-0.4, -0.2) is 17.2 Å². The van der Waals surface area contributed by atoms with E-state index >= 15 is 0 Å².